The second kappa shape index (κ2) is 6.63. The van der Waals surface area contributed by atoms with Crippen LogP contribution in [0.25, 0.3) is 11.3 Å². The minimum atomic E-state index is -0.113. The van der Waals surface area contributed by atoms with Crippen molar-refractivity contribution in [2.75, 3.05) is 7.05 Å². The molecule has 0 aliphatic carbocycles. The number of hydrogen-bond acceptors (Lipinski definition) is 3. The molecule has 2 aromatic rings. The lowest BCUT2D eigenvalue weighted by atomic mass is 9.98. The number of benzene rings is 1. The van der Waals surface area contributed by atoms with Crippen molar-refractivity contribution in [3.8, 4) is 11.3 Å². The number of rotatable bonds is 3. The molecule has 132 valence electrons. The third-order valence-corrected chi connectivity index (χ3v) is 6.01. The first kappa shape index (κ1) is 16.9. The SMILES string of the molecule is CN1C2CCC1CC(NC(=O)c1cc(-c3ccc(Cl)cc3Cl)n[nH]1)C2. The van der Waals surface area contributed by atoms with Crippen LogP contribution in [-0.4, -0.2) is 46.2 Å². The van der Waals surface area contributed by atoms with Gasteiger partial charge in [0.1, 0.15) is 5.69 Å². The van der Waals surface area contributed by atoms with Gasteiger partial charge in [-0.15, -0.1) is 0 Å². The second-order valence-corrected chi connectivity index (χ2v) is 7.83. The van der Waals surface area contributed by atoms with Crippen molar-refractivity contribution in [3.63, 3.8) is 0 Å². The first-order valence-corrected chi connectivity index (χ1v) is 9.30. The summed E-state index contributed by atoms with van der Waals surface area (Å²) in [4.78, 5) is 15.0. The summed E-state index contributed by atoms with van der Waals surface area (Å²) in [6.45, 7) is 0. The minimum Gasteiger partial charge on any atom is -0.348 e. The number of H-pyrrole nitrogens is 1. The van der Waals surface area contributed by atoms with E-state index in [2.05, 4.69) is 27.5 Å². The Morgan fingerprint density at radius 3 is 2.64 bits per heavy atom. The fraction of sp³-hybridized carbons (Fsp3) is 0.444. The summed E-state index contributed by atoms with van der Waals surface area (Å²) in [5.74, 6) is -0.113. The molecule has 2 fully saturated rings. The lowest BCUT2D eigenvalue weighted by molar-refractivity contribution is 0.0877. The number of carbonyl (C=O) groups excluding carboxylic acids is 1. The Kier molecular flexibility index (Phi) is 4.48. The molecule has 2 bridgehead atoms. The average Bonchev–Trinajstić information content (AvgIpc) is 3.11. The second-order valence-electron chi connectivity index (χ2n) is 6.98. The predicted molar refractivity (Wildman–Crippen MR) is 99.1 cm³/mol. The van der Waals surface area contributed by atoms with Crippen LogP contribution >= 0.6 is 23.2 Å². The summed E-state index contributed by atoms with van der Waals surface area (Å²) in [6.07, 6.45) is 4.50. The number of aromatic amines is 1. The molecule has 4 rings (SSSR count). The van der Waals surface area contributed by atoms with Crippen LogP contribution in [0.15, 0.2) is 24.3 Å². The Morgan fingerprint density at radius 2 is 1.96 bits per heavy atom. The van der Waals surface area contributed by atoms with Crippen LogP contribution < -0.4 is 5.32 Å². The molecule has 2 unspecified atom stereocenters. The summed E-state index contributed by atoms with van der Waals surface area (Å²) in [7, 11) is 2.19. The number of carbonyl (C=O) groups is 1. The van der Waals surface area contributed by atoms with Crippen LogP contribution in [-0.2, 0) is 0 Å². The van der Waals surface area contributed by atoms with Crippen molar-refractivity contribution in [2.45, 2.75) is 43.8 Å². The monoisotopic (exact) mass is 378 g/mol. The van der Waals surface area contributed by atoms with Gasteiger partial charge in [-0.05, 0) is 57.0 Å². The molecule has 2 atom stereocenters. The van der Waals surface area contributed by atoms with E-state index in [0.717, 1.165) is 18.4 Å². The Morgan fingerprint density at radius 1 is 1.24 bits per heavy atom. The molecule has 1 aromatic heterocycles. The molecule has 1 aromatic carbocycles. The van der Waals surface area contributed by atoms with Gasteiger partial charge in [0.15, 0.2) is 0 Å². The van der Waals surface area contributed by atoms with Crippen molar-refractivity contribution >= 4 is 29.1 Å². The quantitative estimate of drug-likeness (QED) is 0.854. The van der Waals surface area contributed by atoms with Crippen molar-refractivity contribution in [3.05, 3.63) is 40.0 Å². The van der Waals surface area contributed by atoms with Gasteiger partial charge in [0.25, 0.3) is 5.91 Å². The highest BCUT2D eigenvalue weighted by molar-refractivity contribution is 6.36. The van der Waals surface area contributed by atoms with E-state index in [9.17, 15) is 4.79 Å². The summed E-state index contributed by atoms with van der Waals surface area (Å²) >= 11 is 12.1. The number of piperidine rings is 1. The molecule has 2 aliphatic rings. The van der Waals surface area contributed by atoms with Crippen LogP contribution in [0.4, 0.5) is 0 Å². The molecule has 0 saturated carbocycles. The molecule has 2 saturated heterocycles. The summed E-state index contributed by atoms with van der Waals surface area (Å²) in [5.41, 5.74) is 1.83. The van der Waals surface area contributed by atoms with Crippen LogP contribution in [0, 0.1) is 0 Å². The largest absolute Gasteiger partial charge is 0.348 e. The molecular weight excluding hydrogens is 359 g/mol. The first-order chi connectivity index (χ1) is 12.0. The van der Waals surface area contributed by atoms with E-state index in [1.807, 2.05) is 0 Å². The Balaban J connectivity index is 1.46. The maximum Gasteiger partial charge on any atom is 0.269 e. The molecule has 7 heteroatoms. The van der Waals surface area contributed by atoms with Crippen LogP contribution in [0.3, 0.4) is 0 Å². The van der Waals surface area contributed by atoms with Crippen LogP contribution in [0.2, 0.25) is 10.0 Å². The number of hydrogen-bond donors (Lipinski definition) is 2. The van der Waals surface area contributed by atoms with E-state index >= 15 is 0 Å². The molecular formula is C18H20Cl2N4O. The fourth-order valence-corrected chi connectivity index (χ4v) is 4.57. The smallest absolute Gasteiger partial charge is 0.269 e. The Hall–Kier alpha value is -1.56. The zero-order valence-electron chi connectivity index (χ0n) is 13.9. The fourth-order valence-electron chi connectivity index (χ4n) is 4.07. The van der Waals surface area contributed by atoms with Crippen molar-refractivity contribution in [2.24, 2.45) is 0 Å². The lowest BCUT2D eigenvalue weighted by Gasteiger charge is -2.36. The molecule has 3 heterocycles. The third kappa shape index (κ3) is 3.28. The highest BCUT2D eigenvalue weighted by Gasteiger charge is 2.38. The zero-order chi connectivity index (χ0) is 17.6. The van der Waals surface area contributed by atoms with Gasteiger partial charge < -0.3 is 10.2 Å². The van der Waals surface area contributed by atoms with Gasteiger partial charge in [-0.2, -0.15) is 5.10 Å². The van der Waals surface area contributed by atoms with E-state index in [4.69, 9.17) is 23.2 Å². The van der Waals surface area contributed by atoms with Gasteiger partial charge in [-0.25, -0.2) is 0 Å². The standard InChI is InChI=1S/C18H20Cl2N4O/c1-24-12-3-4-13(24)8-11(7-12)21-18(25)17-9-16(22-23-17)14-5-2-10(19)6-15(14)20/h2,5-6,9,11-13H,3-4,7-8H2,1H3,(H,21,25)(H,22,23). The zero-order valence-corrected chi connectivity index (χ0v) is 15.4. The van der Waals surface area contributed by atoms with Gasteiger partial charge in [0.2, 0.25) is 0 Å². The molecule has 2 N–H and O–H groups in total. The lowest BCUT2D eigenvalue weighted by Crippen LogP contribution is -2.48. The van der Waals surface area contributed by atoms with Crippen LogP contribution in [0.5, 0.6) is 0 Å². The number of amides is 1. The van der Waals surface area contributed by atoms with Crippen molar-refractivity contribution < 1.29 is 4.79 Å². The number of fused-ring (bicyclic) bond motifs is 2. The van der Waals surface area contributed by atoms with E-state index in [1.165, 1.54) is 12.8 Å². The van der Waals surface area contributed by atoms with Gasteiger partial charge in [-0.3, -0.25) is 9.89 Å². The molecule has 0 radical (unpaired) electrons. The highest BCUT2D eigenvalue weighted by atomic mass is 35.5. The number of nitrogens with one attached hydrogen (secondary N) is 2. The average molecular weight is 379 g/mol. The maximum absolute atomic E-state index is 12.6. The van der Waals surface area contributed by atoms with Crippen molar-refractivity contribution in [1.82, 2.24) is 20.4 Å². The predicted octanol–water partition coefficient (Wildman–Crippen LogP) is 3.74. The summed E-state index contributed by atoms with van der Waals surface area (Å²) < 4.78 is 0. The molecule has 1 amide bonds. The maximum atomic E-state index is 12.6. The van der Waals surface area contributed by atoms with Gasteiger partial charge in [-0.1, -0.05) is 23.2 Å². The van der Waals surface area contributed by atoms with Gasteiger partial charge in [0, 0.05) is 28.7 Å². The Bertz CT molecular complexity index is 792. The molecule has 2 aliphatic heterocycles. The molecule has 0 spiro atoms. The van der Waals surface area contributed by atoms with Gasteiger partial charge >= 0.3 is 0 Å². The molecule has 5 nitrogen and oxygen atoms in total. The van der Waals surface area contributed by atoms with E-state index in [1.54, 1.807) is 24.3 Å². The highest BCUT2D eigenvalue weighted by Crippen LogP contribution is 2.34. The van der Waals surface area contributed by atoms with E-state index in [-0.39, 0.29) is 11.9 Å². The third-order valence-electron chi connectivity index (χ3n) is 5.46. The normalized spacial score (nSPS) is 26.0. The van der Waals surface area contributed by atoms with E-state index < -0.39 is 0 Å². The number of halogens is 2. The topological polar surface area (TPSA) is 61.0 Å². The van der Waals surface area contributed by atoms with E-state index in [0.29, 0.717) is 33.5 Å². The summed E-state index contributed by atoms with van der Waals surface area (Å²) in [6, 6.07) is 8.37. The number of aromatic nitrogens is 2. The van der Waals surface area contributed by atoms with Gasteiger partial charge in [0.05, 0.1) is 10.7 Å². The minimum absolute atomic E-state index is 0.113. The van der Waals surface area contributed by atoms with Crippen LogP contribution in [0.1, 0.15) is 36.2 Å². The first-order valence-electron chi connectivity index (χ1n) is 8.55. The summed E-state index contributed by atoms with van der Waals surface area (Å²) in [5, 5.41) is 11.3. The Labute approximate surface area is 156 Å². The number of nitrogens with zero attached hydrogens (tertiary/aromatic N) is 2. The van der Waals surface area contributed by atoms with Crippen molar-refractivity contribution in [1.29, 1.82) is 0 Å². The molecule has 25 heavy (non-hydrogen) atoms.